The van der Waals surface area contributed by atoms with E-state index < -0.39 is 0 Å². The third-order valence-electron chi connectivity index (χ3n) is 2.95. The minimum absolute atomic E-state index is 0.621. The Labute approximate surface area is 119 Å². The third kappa shape index (κ3) is 2.42. The Morgan fingerprint density at radius 1 is 0.842 bits per heavy atom. The zero-order valence-corrected chi connectivity index (χ0v) is 11.7. The molecular weight excluding hydrogens is 302 g/mol. The quantitative estimate of drug-likeness (QED) is 0.677. The highest BCUT2D eigenvalue weighted by atomic mass is 79.9. The smallest absolute Gasteiger partial charge is 0.151 e. The molecule has 0 spiro atoms. The summed E-state index contributed by atoms with van der Waals surface area (Å²) in [6, 6.07) is 19.7. The molecule has 0 amide bonds. The Hall–Kier alpha value is -2.00. The molecule has 19 heavy (non-hydrogen) atoms. The van der Waals surface area contributed by atoms with Crippen LogP contribution in [0.2, 0.25) is 0 Å². The van der Waals surface area contributed by atoms with Gasteiger partial charge in [0.05, 0.1) is 5.69 Å². The number of hydrogen-bond donors (Lipinski definition) is 1. The van der Waals surface area contributed by atoms with Gasteiger partial charge in [0.1, 0.15) is 5.75 Å². The van der Waals surface area contributed by atoms with Gasteiger partial charge in [-0.25, -0.2) is 0 Å². The first-order chi connectivity index (χ1) is 9.24. The summed E-state index contributed by atoms with van der Waals surface area (Å²) in [7, 11) is 0. The Kier molecular flexibility index (Phi) is 3.13. The topological polar surface area (TPSA) is 35.2 Å². The fraction of sp³-hybridized carbons (Fsp3) is 0. The molecule has 0 bridgehead atoms. The van der Waals surface area contributed by atoms with Crippen molar-refractivity contribution in [1.29, 1.82) is 0 Å². The second kappa shape index (κ2) is 4.94. The molecule has 0 fully saturated rings. The van der Waals surface area contributed by atoms with Crippen molar-refractivity contribution in [1.82, 2.24) is 0 Å². The predicted octanol–water partition coefficient (Wildman–Crippen LogP) is 4.98. The van der Waals surface area contributed by atoms with E-state index >= 15 is 0 Å². The number of fused-ring (bicyclic) bond motifs is 1. The largest absolute Gasteiger partial charge is 0.455 e. The second-order valence-corrected chi connectivity index (χ2v) is 5.18. The van der Waals surface area contributed by atoms with Gasteiger partial charge < -0.3 is 10.5 Å². The Morgan fingerprint density at radius 2 is 1.63 bits per heavy atom. The summed E-state index contributed by atoms with van der Waals surface area (Å²) in [5.74, 6) is 1.47. The molecule has 0 radical (unpaired) electrons. The highest BCUT2D eigenvalue weighted by Gasteiger charge is 2.06. The average Bonchev–Trinajstić information content (AvgIpc) is 2.43. The van der Waals surface area contributed by atoms with Crippen molar-refractivity contribution < 1.29 is 4.74 Å². The number of nitrogens with two attached hydrogens (primary N) is 1. The van der Waals surface area contributed by atoms with Crippen molar-refractivity contribution in [2.24, 2.45) is 0 Å². The van der Waals surface area contributed by atoms with Crippen LogP contribution in [0.3, 0.4) is 0 Å². The molecular formula is C16H12BrNO. The predicted molar refractivity (Wildman–Crippen MR) is 82.6 cm³/mol. The van der Waals surface area contributed by atoms with E-state index in [0.717, 1.165) is 21.0 Å². The number of halogens is 1. The first-order valence-corrected chi connectivity index (χ1v) is 6.74. The number of hydrogen-bond acceptors (Lipinski definition) is 2. The number of benzene rings is 3. The van der Waals surface area contributed by atoms with Crippen LogP contribution < -0.4 is 10.5 Å². The van der Waals surface area contributed by atoms with E-state index in [4.69, 9.17) is 10.5 Å². The first-order valence-electron chi connectivity index (χ1n) is 5.95. The van der Waals surface area contributed by atoms with Crippen molar-refractivity contribution in [3.63, 3.8) is 0 Å². The molecule has 3 rings (SSSR count). The molecule has 0 aliphatic carbocycles. The molecule has 0 aromatic heterocycles. The summed E-state index contributed by atoms with van der Waals surface area (Å²) in [5, 5.41) is 2.22. The van der Waals surface area contributed by atoms with Crippen LogP contribution >= 0.6 is 15.9 Å². The van der Waals surface area contributed by atoms with Crippen molar-refractivity contribution in [3.8, 4) is 11.5 Å². The molecule has 0 aliphatic rings. The fourth-order valence-corrected chi connectivity index (χ4v) is 2.34. The van der Waals surface area contributed by atoms with E-state index in [1.165, 1.54) is 0 Å². The molecule has 94 valence electrons. The molecule has 3 heteroatoms. The molecule has 2 N–H and O–H groups in total. The Bertz CT molecular complexity index is 734. The summed E-state index contributed by atoms with van der Waals surface area (Å²) in [4.78, 5) is 0. The lowest BCUT2D eigenvalue weighted by Crippen LogP contribution is -1.92. The van der Waals surface area contributed by atoms with Crippen LogP contribution in [0.5, 0.6) is 11.5 Å². The summed E-state index contributed by atoms with van der Waals surface area (Å²) in [5.41, 5.74) is 6.56. The highest BCUT2D eigenvalue weighted by Crippen LogP contribution is 2.34. The van der Waals surface area contributed by atoms with Gasteiger partial charge in [-0.1, -0.05) is 52.3 Å². The fourth-order valence-electron chi connectivity index (χ4n) is 2.00. The van der Waals surface area contributed by atoms with Gasteiger partial charge in [-0.3, -0.25) is 0 Å². The maximum atomic E-state index is 5.95. The maximum Gasteiger partial charge on any atom is 0.151 e. The average molecular weight is 314 g/mol. The number of anilines is 1. The maximum absolute atomic E-state index is 5.95. The van der Waals surface area contributed by atoms with Crippen molar-refractivity contribution in [3.05, 3.63) is 65.1 Å². The normalized spacial score (nSPS) is 10.6. The monoisotopic (exact) mass is 313 g/mol. The summed E-state index contributed by atoms with van der Waals surface area (Å²) < 4.78 is 6.89. The van der Waals surface area contributed by atoms with Crippen LogP contribution in [0, 0.1) is 0 Å². The van der Waals surface area contributed by atoms with E-state index in [1.54, 1.807) is 0 Å². The van der Waals surface area contributed by atoms with Crippen LogP contribution in [0.1, 0.15) is 0 Å². The van der Waals surface area contributed by atoms with Gasteiger partial charge in [0, 0.05) is 9.86 Å². The Morgan fingerprint density at radius 3 is 2.53 bits per heavy atom. The lowest BCUT2D eigenvalue weighted by atomic mass is 10.1. The first kappa shape index (κ1) is 12.1. The van der Waals surface area contributed by atoms with Gasteiger partial charge in [-0.15, -0.1) is 0 Å². The Balaban J connectivity index is 2.08. The third-order valence-corrected chi connectivity index (χ3v) is 3.44. The van der Waals surface area contributed by atoms with Gasteiger partial charge in [-0.2, -0.15) is 0 Å². The molecule has 0 aliphatic heterocycles. The molecule has 2 nitrogen and oxygen atoms in total. The second-order valence-electron chi connectivity index (χ2n) is 4.26. The summed E-state index contributed by atoms with van der Waals surface area (Å²) in [6.45, 7) is 0. The van der Waals surface area contributed by atoms with E-state index in [9.17, 15) is 0 Å². The van der Waals surface area contributed by atoms with E-state index in [2.05, 4.69) is 28.1 Å². The minimum atomic E-state index is 0.621. The van der Waals surface area contributed by atoms with Gasteiger partial charge >= 0.3 is 0 Å². The van der Waals surface area contributed by atoms with Crippen LogP contribution in [-0.4, -0.2) is 0 Å². The number of rotatable bonds is 2. The molecule has 0 saturated carbocycles. The van der Waals surface area contributed by atoms with Crippen LogP contribution in [-0.2, 0) is 0 Å². The standard InChI is InChI=1S/C16H12BrNO/c17-12-8-9-14(18)16(10-12)19-15-7-3-5-11-4-1-2-6-13(11)15/h1-10H,18H2. The van der Waals surface area contributed by atoms with E-state index in [-0.39, 0.29) is 0 Å². The number of nitrogen functional groups attached to an aromatic ring is 1. The van der Waals surface area contributed by atoms with E-state index in [1.807, 2.05) is 48.5 Å². The lowest BCUT2D eigenvalue weighted by molar-refractivity contribution is 0.490. The van der Waals surface area contributed by atoms with Crippen molar-refractivity contribution >= 4 is 32.4 Å². The molecule has 0 heterocycles. The summed E-state index contributed by atoms with van der Waals surface area (Å²) in [6.07, 6.45) is 0. The molecule has 0 unspecified atom stereocenters. The molecule has 0 atom stereocenters. The van der Waals surface area contributed by atoms with Gasteiger partial charge in [0.2, 0.25) is 0 Å². The molecule has 3 aromatic carbocycles. The van der Waals surface area contributed by atoms with Crippen molar-refractivity contribution in [2.75, 3.05) is 5.73 Å². The SMILES string of the molecule is Nc1ccc(Br)cc1Oc1cccc2ccccc12. The number of ether oxygens (including phenoxy) is 1. The zero-order chi connectivity index (χ0) is 13.2. The van der Waals surface area contributed by atoms with Gasteiger partial charge in [0.25, 0.3) is 0 Å². The van der Waals surface area contributed by atoms with Gasteiger partial charge in [-0.05, 0) is 29.7 Å². The van der Waals surface area contributed by atoms with Crippen LogP contribution in [0.25, 0.3) is 10.8 Å². The minimum Gasteiger partial charge on any atom is -0.455 e. The van der Waals surface area contributed by atoms with Crippen LogP contribution in [0.4, 0.5) is 5.69 Å². The molecule has 3 aromatic rings. The van der Waals surface area contributed by atoms with Crippen molar-refractivity contribution in [2.45, 2.75) is 0 Å². The zero-order valence-electron chi connectivity index (χ0n) is 10.1. The highest BCUT2D eigenvalue weighted by molar-refractivity contribution is 9.10. The summed E-state index contributed by atoms with van der Waals surface area (Å²) >= 11 is 3.42. The van der Waals surface area contributed by atoms with Crippen LogP contribution in [0.15, 0.2) is 65.1 Å². The van der Waals surface area contributed by atoms with E-state index in [0.29, 0.717) is 11.4 Å². The molecule has 0 saturated heterocycles. The van der Waals surface area contributed by atoms with Gasteiger partial charge in [0.15, 0.2) is 5.75 Å². The lowest BCUT2D eigenvalue weighted by Gasteiger charge is -2.11.